The summed E-state index contributed by atoms with van der Waals surface area (Å²) in [5.74, 6) is 0.884. The third kappa shape index (κ3) is 4.08. The van der Waals surface area contributed by atoms with E-state index in [1.165, 1.54) is 16.8 Å². The SMILES string of the molecule is CC(C)[C@@H](NC(=O)c1ccn(-c2cccc(F)c2)n1)c1ccc2c(c1)OCCO2. The summed E-state index contributed by atoms with van der Waals surface area (Å²) in [6, 6.07) is 13.1. The van der Waals surface area contributed by atoms with Crippen molar-refractivity contribution in [2.24, 2.45) is 5.92 Å². The van der Waals surface area contributed by atoms with E-state index in [9.17, 15) is 9.18 Å². The summed E-state index contributed by atoms with van der Waals surface area (Å²) in [5, 5.41) is 7.34. The van der Waals surface area contributed by atoms with Crippen LogP contribution in [0.15, 0.2) is 54.7 Å². The standard InChI is InChI=1S/C22H22FN3O3/c1-14(2)21(15-6-7-19-20(12-15)29-11-10-28-19)24-22(27)18-8-9-26(25-18)17-5-3-4-16(23)13-17/h3-9,12-14,21H,10-11H2,1-2H3,(H,24,27)/t21-/m1/s1. The van der Waals surface area contributed by atoms with E-state index in [4.69, 9.17) is 9.47 Å². The van der Waals surface area contributed by atoms with Gasteiger partial charge in [-0.15, -0.1) is 0 Å². The molecular formula is C22H22FN3O3. The van der Waals surface area contributed by atoms with Crippen LogP contribution in [0.25, 0.3) is 5.69 Å². The predicted octanol–water partition coefficient (Wildman–Crippen LogP) is 3.91. The molecule has 1 atom stereocenters. The molecule has 29 heavy (non-hydrogen) atoms. The third-order valence-corrected chi connectivity index (χ3v) is 4.77. The maximum Gasteiger partial charge on any atom is 0.272 e. The fourth-order valence-corrected chi connectivity index (χ4v) is 3.31. The van der Waals surface area contributed by atoms with Crippen LogP contribution in [-0.4, -0.2) is 28.9 Å². The first kappa shape index (κ1) is 19.0. The summed E-state index contributed by atoms with van der Waals surface area (Å²) >= 11 is 0. The van der Waals surface area contributed by atoms with Gasteiger partial charge in [0.2, 0.25) is 0 Å². The second kappa shape index (κ2) is 7.95. The maximum absolute atomic E-state index is 13.4. The molecule has 0 spiro atoms. The number of fused-ring (bicyclic) bond motifs is 1. The molecule has 0 aliphatic carbocycles. The van der Waals surface area contributed by atoms with E-state index >= 15 is 0 Å². The first-order valence-electron chi connectivity index (χ1n) is 9.53. The normalized spacial score (nSPS) is 13.9. The van der Waals surface area contributed by atoms with Gasteiger partial charge in [-0.1, -0.05) is 26.0 Å². The zero-order chi connectivity index (χ0) is 20.4. The number of halogens is 1. The minimum Gasteiger partial charge on any atom is -0.486 e. The van der Waals surface area contributed by atoms with Gasteiger partial charge in [0.25, 0.3) is 5.91 Å². The molecular weight excluding hydrogens is 373 g/mol. The minimum atomic E-state index is -0.359. The van der Waals surface area contributed by atoms with Gasteiger partial charge < -0.3 is 14.8 Å². The van der Waals surface area contributed by atoms with Crippen molar-refractivity contribution in [1.29, 1.82) is 0 Å². The number of amides is 1. The summed E-state index contributed by atoms with van der Waals surface area (Å²) in [6.07, 6.45) is 1.64. The first-order chi connectivity index (χ1) is 14.0. The Hall–Kier alpha value is -3.35. The molecule has 2 heterocycles. The quantitative estimate of drug-likeness (QED) is 0.711. The maximum atomic E-state index is 13.4. The smallest absolute Gasteiger partial charge is 0.272 e. The summed E-state index contributed by atoms with van der Waals surface area (Å²) in [7, 11) is 0. The van der Waals surface area contributed by atoms with Gasteiger partial charge >= 0.3 is 0 Å². The van der Waals surface area contributed by atoms with Gasteiger partial charge in [0.1, 0.15) is 19.0 Å². The fourth-order valence-electron chi connectivity index (χ4n) is 3.31. The van der Waals surface area contributed by atoms with Gasteiger partial charge in [-0.2, -0.15) is 5.10 Å². The van der Waals surface area contributed by atoms with Crippen LogP contribution in [0.4, 0.5) is 4.39 Å². The summed E-state index contributed by atoms with van der Waals surface area (Å²) < 4.78 is 26.2. The topological polar surface area (TPSA) is 65.4 Å². The number of ether oxygens (including phenoxy) is 2. The highest BCUT2D eigenvalue weighted by Crippen LogP contribution is 2.34. The Morgan fingerprint density at radius 2 is 1.90 bits per heavy atom. The molecule has 6 nitrogen and oxygen atoms in total. The van der Waals surface area contributed by atoms with Crippen molar-refractivity contribution >= 4 is 5.91 Å². The Balaban J connectivity index is 1.54. The van der Waals surface area contributed by atoms with E-state index in [-0.39, 0.29) is 29.4 Å². The molecule has 1 aliphatic heterocycles. The van der Waals surface area contributed by atoms with Crippen LogP contribution in [-0.2, 0) is 0 Å². The number of nitrogens with zero attached hydrogens (tertiary/aromatic N) is 2. The lowest BCUT2D eigenvalue weighted by molar-refractivity contribution is 0.0920. The highest BCUT2D eigenvalue weighted by molar-refractivity contribution is 5.92. The number of carbonyl (C=O) groups is 1. The van der Waals surface area contributed by atoms with Gasteiger partial charge in [0.05, 0.1) is 11.7 Å². The van der Waals surface area contributed by atoms with E-state index in [1.54, 1.807) is 24.4 Å². The molecule has 0 saturated carbocycles. The number of nitrogens with one attached hydrogen (secondary N) is 1. The monoisotopic (exact) mass is 395 g/mol. The van der Waals surface area contributed by atoms with E-state index in [1.807, 2.05) is 32.0 Å². The van der Waals surface area contributed by atoms with E-state index < -0.39 is 0 Å². The molecule has 7 heteroatoms. The van der Waals surface area contributed by atoms with Crippen molar-refractivity contribution < 1.29 is 18.7 Å². The minimum absolute atomic E-state index is 0.145. The average Bonchev–Trinajstić information content (AvgIpc) is 3.22. The van der Waals surface area contributed by atoms with E-state index in [0.29, 0.717) is 30.4 Å². The van der Waals surface area contributed by atoms with Gasteiger partial charge in [-0.05, 0) is 47.9 Å². The summed E-state index contributed by atoms with van der Waals surface area (Å²) in [5.41, 5.74) is 1.75. The number of rotatable bonds is 5. The van der Waals surface area contributed by atoms with Gasteiger partial charge in [-0.25, -0.2) is 9.07 Å². The second-order valence-corrected chi connectivity index (χ2v) is 7.22. The summed E-state index contributed by atoms with van der Waals surface area (Å²) in [6.45, 7) is 5.11. The van der Waals surface area contributed by atoms with Crippen LogP contribution in [0, 0.1) is 11.7 Å². The van der Waals surface area contributed by atoms with Crippen LogP contribution in [0.3, 0.4) is 0 Å². The molecule has 4 rings (SSSR count). The Bertz CT molecular complexity index is 1030. The lowest BCUT2D eigenvalue weighted by Gasteiger charge is -2.25. The predicted molar refractivity (Wildman–Crippen MR) is 106 cm³/mol. The molecule has 150 valence electrons. The van der Waals surface area contributed by atoms with Crippen molar-refractivity contribution in [3.05, 3.63) is 71.8 Å². The van der Waals surface area contributed by atoms with Crippen molar-refractivity contribution in [3.63, 3.8) is 0 Å². The van der Waals surface area contributed by atoms with Crippen molar-refractivity contribution in [3.8, 4) is 17.2 Å². The van der Waals surface area contributed by atoms with Gasteiger partial charge in [0.15, 0.2) is 17.2 Å². The second-order valence-electron chi connectivity index (χ2n) is 7.22. The summed E-state index contributed by atoms with van der Waals surface area (Å²) in [4.78, 5) is 12.8. The molecule has 0 unspecified atom stereocenters. The molecule has 1 aliphatic rings. The van der Waals surface area contributed by atoms with Crippen molar-refractivity contribution in [1.82, 2.24) is 15.1 Å². The first-order valence-corrected chi connectivity index (χ1v) is 9.53. The number of hydrogen-bond donors (Lipinski definition) is 1. The molecule has 0 fully saturated rings. The molecule has 1 N–H and O–H groups in total. The van der Waals surface area contributed by atoms with Crippen LogP contribution in [0.2, 0.25) is 0 Å². The molecule has 0 radical (unpaired) electrons. The largest absolute Gasteiger partial charge is 0.486 e. The highest BCUT2D eigenvalue weighted by Gasteiger charge is 2.23. The van der Waals surface area contributed by atoms with Crippen molar-refractivity contribution in [2.45, 2.75) is 19.9 Å². The molecule has 2 aromatic carbocycles. The van der Waals surface area contributed by atoms with Crippen LogP contribution >= 0.6 is 0 Å². The van der Waals surface area contributed by atoms with Crippen LogP contribution in [0.1, 0.15) is 35.9 Å². The van der Waals surface area contributed by atoms with Crippen molar-refractivity contribution in [2.75, 3.05) is 13.2 Å². The van der Waals surface area contributed by atoms with Gasteiger partial charge in [0, 0.05) is 6.20 Å². The lowest BCUT2D eigenvalue weighted by atomic mass is 9.95. The van der Waals surface area contributed by atoms with E-state index in [0.717, 1.165) is 5.56 Å². The Labute approximate surface area is 168 Å². The Kier molecular flexibility index (Phi) is 5.20. The fraction of sp³-hybridized carbons (Fsp3) is 0.273. The Morgan fingerprint density at radius 1 is 1.10 bits per heavy atom. The highest BCUT2D eigenvalue weighted by atomic mass is 19.1. The molecule has 0 bridgehead atoms. The third-order valence-electron chi connectivity index (χ3n) is 4.77. The molecule has 1 amide bonds. The number of carbonyl (C=O) groups excluding carboxylic acids is 1. The zero-order valence-corrected chi connectivity index (χ0v) is 16.3. The number of benzene rings is 2. The molecule has 0 saturated heterocycles. The lowest BCUT2D eigenvalue weighted by Crippen LogP contribution is -2.32. The average molecular weight is 395 g/mol. The van der Waals surface area contributed by atoms with Gasteiger partial charge in [-0.3, -0.25) is 4.79 Å². The number of hydrogen-bond acceptors (Lipinski definition) is 4. The van der Waals surface area contributed by atoms with E-state index in [2.05, 4.69) is 10.4 Å². The van der Waals surface area contributed by atoms with Crippen LogP contribution < -0.4 is 14.8 Å². The zero-order valence-electron chi connectivity index (χ0n) is 16.3. The molecule has 3 aromatic rings. The Morgan fingerprint density at radius 3 is 2.66 bits per heavy atom. The number of aromatic nitrogens is 2. The molecule has 1 aromatic heterocycles. The van der Waals surface area contributed by atoms with Crippen LogP contribution in [0.5, 0.6) is 11.5 Å².